The van der Waals surface area contributed by atoms with Gasteiger partial charge in [0.2, 0.25) is 0 Å². The van der Waals surface area contributed by atoms with E-state index in [0.717, 1.165) is 0 Å². The summed E-state index contributed by atoms with van der Waals surface area (Å²) >= 11 is 1.85. The van der Waals surface area contributed by atoms with Gasteiger partial charge < -0.3 is 14.2 Å². The molecule has 5 nitrogen and oxygen atoms in total. The van der Waals surface area contributed by atoms with E-state index in [4.69, 9.17) is 9.47 Å². The lowest BCUT2D eigenvalue weighted by molar-refractivity contribution is 0.0600. The first-order chi connectivity index (χ1) is 11.0. The second kappa shape index (κ2) is 7.40. The van der Waals surface area contributed by atoms with E-state index >= 15 is 0 Å². The second-order valence-electron chi connectivity index (χ2n) is 4.37. The molecule has 0 unspecified atom stereocenters. The van der Waals surface area contributed by atoms with Gasteiger partial charge in [-0.15, -0.1) is 0 Å². The molecule has 23 heavy (non-hydrogen) atoms. The highest BCUT2D eigenvalue weighted by Crippen LogP contribution is 2.29. The average Bonchev–Trinajstić information content (AvgIpc) is 2.54. The fraction of sp³-hybridized carbons (Fsp3) is 0.125. The minimum Gasteiger partial charge on any atom is -0.493 e. The number of ether oxygens (including phenoxy) is 3. The summed E-state index contributed by atoms with van der Waals surface area (Å²) in [6.45, 7) is 0. The van der Waals surface area contributed by atoms with E-state index in [1.54, 1.807) is 0 Å². The highest BCUT2D eigenvalue weighted by atomic mass is 127. The number of rotatable bonds is 4. The maximum absolute atomic E-state index is 13.1. The van der Waals surface area contributed by atoms with E-state index in [2.05, 4.69) is 4.74 Å². The Kier molecular flexibility index (Phi) is 5.54. The molecule has 2 aromatic rings. The standard InChI is InChI=1S/C16H12FIO5/c1-21-14-7-9(15(19)22-2)3-6-13(14)23-16(20)11-5-4-10(17)8-12(11)18/h3-8H,1-2H3. The Bertz CT molecular complexity index is 760. The molecule has 0 N–H and O–H groups in total. The van der Waals surface area contributed by atoms with Gasteiger partial charge in [-0.05, 0) is 59.0 Å². The van der Waals surface area contributed by atoms with E-state index in [1.165, 1.54) is 50.6 Å². The Morgan fingerprint density at radius 1 is 1.00 bits per heavy atom. The zero-order chi connectivity index (χ0) is 17.0. The van der Waals surface area contributed by atoms with Crippen LogP contribution in [0.1, 0.15) is 20.7 Å². The number of hydrogen-bond donors (Lipinski definition) is 0. The van der Waals surface area contributed by atoms with Gasteiger partial charge in [-0.1, -0.05) is 0 Å². The largest absolute Gasteiger partial charge is 0.493 e. The van der Waals surface area contributed by atoms with Crippen molar-refractivity contribution >= 4 is 34.5 Å². The third-order valence-corrected chi connectivity index (χ3v) is 3.83. The van der Waals surface area contributed by atoms with Crippen LogP contribution >= 0.6 is 22.6 Å². The highest BCUT2D eigenvalue weighted by molar-refractivity contribution is 14.1. The molecule has 0 aromatic heterocycles. The van der Waals surface area contributed by atoms with Gasteiger partial charge in [0.1, 0.15) is 5.82 Å². The molecule has 0 heterocycles. The summed E-state index contributed by atoms with van der Waals surface area (Å²) in [5.41, 5.74) is 0.492. The fourth-order valence-corrected chi connectivity index (χ4v) is 2.50. The molecule has 2 rings (SSSR count). The number of halogens is 2. The highest BCUT2D eigenvalue weighted by Gasteiger charge is 2.17. The van der Waals surface area contributed by atoms with Gasteiger partial charge in [-0.25, -0.2) is 14.0 Å². The van der Waals surface area contributed by atoms with E-state index in [-0.39, 0.29) is 22.6 Å². The molecule has 7 heteroatoms. The summed E-state index contributed by atoms with van der Waals surface area (Å²) in [5, 5.41) is 0. The number of methoxy groups -OCH3 is 2. The number of hydrogen-bond acceptors (Lipinski definition) is 5. The zero-order valence-corrected chi connectivity index (χ0v) is 14.4. The molecule has 0 fully saturated rings. The van der Waals surface area contributed by atoms with Crippen LogP contribution in [0.15, 0.2) is 36.4 Å². The maximum atomic E-state index is 13.1. The molecule has 0 bridgehead atoms. The molecule has 0 spiro atoms. The molecule has 0 amide bonds. The first kappa shape index (κ1) is 17.2. The fourth-order valence-electron chi connectivity index (χ4n) is 1.81. The first-order valence-electron chi connectivity index (χ1n) is 6.40. The first-order valence-corrected chi connectivity index (χ1v) is 7.47. The van der Waals surface area contributed by atoms with Crippen molar-refractivity contribution in [3.8, 4) is 11.5 Å². The summed E-state index contributed by atoms with van der Waals surface area (Å²) in [4.78, 5) is 23.7. The van der Waals surface area contributed by atoms with Gasteiger partial charge >= 0.3 is 11.9 Å². The van der Waals surface area contributed by atoms with Crippen LogP contribution in [0.4, 0.5) is 4.39 Å². The predicted molar refractivity (Wildman–Crippen MR) is 88.4 cm³/mol. The van der Waals surface area contributed by atoms with E-state index < -0.39 is 17.8 Å². The van der Waals surface area contributed by atoms with Crippen LogP contribution in [0.5, 0.6) is 11.5 Å². The van der Waals surface area contributed by atoms with E-state index in [1.807, 2.05) is 22.6 Å². The Morgan fingerprint density at radius 2 is 1.74 bits per heavy atom. The maximum Gasteiger partial charge on any atom is 0.344 e. The quantitative estimate of drug-likeness (QED) is 0.423. The molecule has 0 saturated carbocycles. The SMILES string of the molecule is COC(=O)c1ccc(OC(=O)c2ccc(F)cc2I)c(OC)c1. The van der Waals surface area contributed by atoms with Crippen molar-refractivity contribution in [1.82, 2.24) is 0 Å². The van der Waals surface area contributed by atoms with Crippen LogP contribution < -0.4 is 9.47 Å². The summed E-state index contributed by atoms with van der Waals surface area (Å²) in [7, 11) is 2.65. The number of benzene rings is 2. The summed E-state index contributed by atoms with van der Waals surface area (Å²) < 4.78 is 28.5. The Balaban J connectivity index is 2.28. The van der Waals surface area contributed by atoms with Crippen molar-refractivity contribution in [2.75, 3.05) is 14.2 Å². The van der Waals surface area contributed by atoms with Gasteiger partial charge in [0.05, 0.1) is 25.3 Å². The second-order valence-corrected chi connectivity index (χ2v) is 5.53. The summed E-state index contributed by atoms with van der Waals surface area (Å²) in [6.07, 6.45) is 0. The molecule has 0 aliphatic heterocycles. The lowest BCUT2D eigenvalue weighted by atomic mass is 10.2. The van der Waals surface area contributed by atoms with Crippen LogP contribution in [-0.4, -0.2) is 26.2 Å². The normalized spacial score (nSPS) is 10.1. The van der Waals surface area contributed by atoms with Crippen molar-refractivity contribution in [2.45, 2.75) is 0 Å². The Labute approximate surface area is 145 Å². The van der Waals surface area contributed by atoms with Crippen molar-refractivity contribution in [1.29, 1.82) is 0 Å². The third-order valence-electron chi connectivity index (χ3n) is 2.94. The molecule has 0 radical (unpaired) electrons. The zero-order valence-electron chi connectivity index (χ0n) is 12.3. The number of carbonyl (C=O) groups is 2. The van der Waals surface area contributed by atoms with Crippen LogP contribution in [0.3, 0.4) is 0 Å². The van der Waals surface area contributed by atoms with Crippen molar-refractivity contribution in [3.63, 3.8) is 0 Å². The topological polar surface area (TPSA) is 61.8 Å². The minimum absolute atomic E-state index is 0.144. The monoisotopic (exact) mass is 430 g/mol. The molecular formula is C16H12FIO5. The third kappa shape index (κ3) is 3.98. The molecular weight excluding hydrogens is 418 g/mol. The molecule has 120 valence electrons. The van der Waals surface area contributed by atoms with Gasteiger partial charge in [0.25, 0.3) is 0 Å². The molecule has 0 aliphatic carbocycles. The van der Waals surface area contributed by atoms with E-state index in [0.29, 0.717) is 3.57 Å². The summed E-state index contributed by atoms with van der Waals surface area (Å²) in [6, 6.07) is 8.04. The van der Waals surface area contributed by atoms with Crippen LogP contribution in [-0.2, 0) is 4.74 Å². The lowest BCUT2D eigenvalue weighted by Gasteiger charge is -2.11. The van der Waals surface area contributed by atoms with Crippen molar-refractivity contribution in [3.05, 3.63) is 56.9 Å². The average molecular weight is 430 g/mol. The lowest BCUT2D eigenvalue weighted by Crippen LogP contribution is -2.11. The van der Waals surface area contributed by atoms with E-state index in [9.17, 15) is 14.0 Å². The Morgan fingerprint density at radius 3 is 2.35 bits per heavy atom. The molecule has 0 aliphatic rings. The minimum atomic E-state index is -0.654. The van der Waals surface area contributed by atoms with Crippen molar-refractivity contribution in [2.24, 2.45) is 0 Å². The number of carbonyl (C=O) groups excluding carboxylic acids is 2. The van der Waals surface area contributed by atoms with Gasteiger partial charge in [0, 0.05) is 3.57 Å². The summed E-state index contributed by atoms with van der Waals surface area (Å²) in [5.74, 6) is -1.28. The predicted octanol–water partition coefficient (Wildman–Crippen LogP) is 3.44. The van der Waals surface area contributed by atoms with Gasteiger partial charge in [-0.3, -0.25) is 0 Å². The number of esters is 2. The Hall–Kier alpha value is -2.16. The van der Waals surface area contributed by atoms with Gasteiger partial charge in [0.15, 0.2) is 11.5 Å². The van der Waals surface area contributed by atoms with Crippen molar-refractivity contribution < 1.29 is 28.2 Å². The van der Waals surface area contributed by atoms with Crippen LogP contribution in [0.2, 0.25) is 0 Å². The molecule has 0 atom stereocenters. The van der Waals surface area contributed by atoms with Crippen LogP contribution in [0.25, 0.3) is 0 Å². The molecule has 2 aromatic carbocycles. The molecule has 0 saturated heterocycles. The van der Waals surface area contributed by atoms with Gasteiger partial charge in [-0.2, -0.15) is 0 Å². The van der Waals surface area contributed by atoms with Crippen LogP contribution in [0, 0.1) is 9.39 Å². The smallest absolute Gasteiger partial charge is 0.344 e.